The molecule has 2 rings (SSSR count). The number of nitrogens with one attached hydrogen (secondary N) is 1. The van der Waals surface area contributed by atoms with Crippen molar-refractivity contribution in [3.05, 3.63) is 42.3 Å². The van der Waals surface area contributed by atoms with Crippen LogP contribution in [0.4, 0.5) is 5.13 Å². The van der Waals surface area contributed by atoms with Gasteiger partial charge in [0, 0.05) is 17.5 Å². The van der Waals surface area contributed by atoms with Gasteiger partial charge in [0.15, 0.2) is 5.13 Å². The van der Waals surface area contributed by atoms with Crippen molar-refractivity contribution in [1.29, 1.82) is 0 Å². The van der Waals surface area contributed by atoms with Gasteiger partial charge in [-0.05, 0) is 5.46 Å². The molecule has 0 atom stereocenters. The molecular weight excluding hydrogens is 247 g/mol. The van der Waals surface area contributed by atoms with E-state index in [0.717, 1.165) is 16.4 Å². The Kier molecular flexibility index (Phi) is 4.14. The average Bonchev–Trinajstić information content (AvgIpc) is 2.85. The molecule has 0 aliphatic heterocycles. The summed E-state index contributed by atoms with van der Waals surface area (Å²) < 4.78 is 0. The molecule has 18 heavy (non-hydrogen) atoms. The summed E-state index contributed by atoms with van der Waals surface area (Å²) in [5, 5.41) is 24.4. The number of nitrogens with zero attached hydrogens (tertiary/aromatic N) is 1. The molecule has 0 amide bonds. The lowest BCUT2D eigenvalue weighted by atomic mass is 9.76. The van der Waals surface area contributed by atoms with Gasteiger partial charge in [0.05, 0.1) is 5.69 Å². The molecule has 1 aromatic carbocycles. The second-order valence-corrected chi connectivity index (χ2v) is 4.53. The highest BCUT2D eigenvalue weighted by Gasteiger charge is 2.17. The number of rotatable bonds is 5. The van der Waals surface area contributed by atoms with E-state index in [4.69, 9.17) is 0 Å². The summed E-state index contributed by atoms with van der Waals surface area (Å²) in [6, 6.07) is 7.11. The normalized spacial score (nSPS) is 10.1. The van der Waals surface area contributed by atoms with E-state index in [1.807, 2.05) is 17.5 Å². The van der Waals surface area contributed by atoms with E-state index in [1.165, 1.54) is 11.3 Å². The van der Waals surface area contributed by atoms with Gasteiger partial charge < -0.3 is 15.4 Å². The molecule has 0 radical (unpaired) electrons. The molecule has 0 bridgehead atoms. The Hall–Kier alpha value is -1.63. The van der Waals surface area contributed by atoms with E-state index in [9.17, 15) is 10.0 Å². The second-order valence-electron chi connectivity index (χ2n) is 3.67. The Morgan fingerprint density at radius 3 is 2.89 bits per heavy atom. The lowest BCUT2D eigenvalue weighted by Gasteiger charge is -2.05. The highest BCUT2D eigenvalue weighted by molar-refractivity contribution is 7.14. The maximum atomic E-state index is 9.32. The Bertz CT molecular complexity index is 542. The van der Waals surface area contributed by atoms with Crippen molar-refractivity contribution in [2.24, 2.45) is 0 Å². The summed E-state index contributed by atoms with van der Waals surface area (Å²) in [5.74, 6) is 0. The van der Waals surface area contributed by atoms with Gasteiger partial charge in [0.2, 0.25) is 0 Å². The zero-order valence-electron chi connectivity index (χ0n) is 9.71. The SMILES string of the molecule is C=CCNc1nc(-c2ccccc2B(O)O)cs1. The summed E-state index contributed by atoms with van der Waals surface area (Å²) in [7, 11) is -1.49. The monoisotopic (exact) mass is 260 g/mol. The Labute approximate surface area is 110 Å². The third-order valence-corrected chi connectivity index (χ3v) is 3.22. The molecule has 1 aromatic heterocycles. The van der Waals surface area contributed by atoms with E-state index < -0.39 is 7.12 Å². The number of aromatic nitrogens is 1. The lowest BCUT2D eigenvalue weighted by molar-refractivity contribution is 0.426. The molecule has 2 aromatic rings. The number of thiazole rings is 1. The first kappa shape index (κ1) is 12.8. The molecule has 0 aliphatic rings. The molecule has 0 unspecified atom stereocenters. The van der Waals surface area contributed by atoms with Crippen LogP contribution in [0, 0.1) is 0 Å². The van der Waals surface area contributed by atoms with Gasteiger partial charge in [0.1, 0.15) is 0 Å². The molecule has 0 saturated carbocycles. The molecular formula is C12H13BN2O2S. The number of benzene rings is 1. The van der Waals surface area contributed by atoms with Gasteiger partial charge in [-0.2, -0.15) is 0 Å². The topological polar surface area (TPSA) is 65.4 Å². The van der Waals surface area contributed by atoms with Crippen LogP contribution in [-0.4, -0.2) is 28.7 Å². The number of hydrogen-bond donors (Lipinski definition) is 3. The van der Waals surface area contributed by atoms with Crippen LogP contribution in [0.15, 0.2) is 42.3 Å². The third-order valence-electron chi connectivity index (χ3n) is 2.42. The molecule has 0 saturated heterocycles. The standard InChI is InChI=1S/C12H13BN2O2S/c1-2-7-14-12-15-11(8-18-12)9-5-3-4-6-10(9)13(16)17/h2-6,8,16-17H,1,7H2,(H,14,15). The van der Waals surface area contributed by atoms with E-state index in [0.29, 0.717) is 12.0 Å². The molecule has 4 nitrogen and oxygen atoms in total. The smallest absolute Gasteiger partial charge is 0.423 e. The lowest BCUT2D eigenvalue weighted by Crippen LogP contribution is -2.31. The van der Waals surface area contributed by atoms with Crippen molar-refractivity contribution in [2.45, 2.75) is 0 Å². The van der Waals surface area contributed by atoms with Crippen molar-refractivity contribution >= 4 is 29.0 Å². The van der Waals surface area contributed by atoms with Crippen molar-refractivity contribution in [3.63, 3.8) is 0 Å². The van der Waals surface area contributed by atoms with Gasteiger partial charge in [-0.25, -0.2) is 4.98 Å². The highest BCUT2D eigenvalue weighted by atomic mass is 32.1. The molecule has 6 heteroatoms. The predicted molar refractivity (Wildman–Crippen MR) is 76.1 cm³/mol. The molecule has 0 fully saturated rings. The van der Waals surface area contributed by atoms with Gasteiger partial charge in [0.25, 0.3) is 0 Å². The largest absolute Gasteiger partial charge is 0.489 e. The van der Waals surface area contributed by atoms with Crippen LogP contribution in [0.1, 0.15) is 0 Å². The summed E-state index contributed by atoms with van der Waals surface area (Å²) in [6.07, 6.45) is 1.76. The zero-order valence-corrected chi connectivity index (χ0v) is 10.5. The fourth-order valence-corrected chi connectivity index (χ4v) is 2.31. The van der Waals surface area contributed by atoms with Gasteiger partial charge >= 0.3 is 7.12 Å². The van der Waals surface area contributed by atoms with E-state index >= 15 is 0 Å². The summed E-state index contributed by atoms with van der Waals surface area (Å²) in [5.41, 5.74) is 1.92. The van der Waals surface area contributed by atoms with Crippen LogP contribution in [0.3, 0.4) is 0 Å². The minimum atomic E-state index is -1.49. The van der Waals surface area contributed by atoms with Crippen LogP contribution < -0.4 is 10.8 Å². The highest BCUT2D eigenvalue weighted by Crippen LogP contribution is 2.23. The van der Waals surface area contributed by atoms with Gasteiger partial charge in [-0.15, -0.1) is 17.9 Å². The molecule has 92 valence electrons. The maximum absolute atomic E-state index is 9.32. The Morgan fingerprint density at radius 1 is 1.39 bits per heavy atom. The minimum absolute atomic E-state index is 0.457. The van der Waals surface area contributed by atoms with Crippen LogP contribution in [0.5, 0.6) is 0 Å². The zero-order chi connectivity index (χ0) is 13.0. The Balaban J connectivity index is 2.31. The van der Waals surface area contributed by atoms with E-state index in [1.54, 1.807) is 18.2 Å². The van der Waals surface area contributed by atoms with Crippen molar-refractivity contribution in [2.75, 3.05) is 11.9 Å². The first-order chi connectivity index (χ1) is 8.72. The fourth-order valence-electron chi connectivity index (χ4n) is 1.59. The summed E-state index contributed by atoms with van der Waals surface area (Å²) >= 11 is 1.47. The minimum Gasteiger partial charge on any atom is -0.423 e. The summed E-state index contributed by atoms with van der Waals surface area (Å²) in [4.78, 5) is 4.40. The summed E-state index contributed by atoms with van der Waals surface area (Å²) in [6.45, 7) is 4.28. The van der Waals surface area contributed by atoms with Crippen molar-refractivity contribution in [3.8, 4) is 11.3 Å². The molecule has 0 aliphatic carbocycles. The average molecular weight is 260 g/mol. The first-order valence-electron chi connectivity index (χ1n) is 5.48. The Morgan fingerprint density at radius 2 is 2.17 bits per heavy atom. The molecule has 1 heterocycles. The first-order valence-corrected chi connectivity index (χ1v) is 6.36. The molecule has 3 N–H and O–H groups in total. The van der Waals surface area contributed by atoms with E-state index in [-0.39, 0.29) is 0 Å². The van der Waals surface area contributed by atoms with Crippen LogP contribution in [-0.2, 0) is 0 Å². The van der Waals surface area contributed by atoms with Crippen molar-refractivity contribution in [1.82, 2.24) is 4.98 Å². The fraction of sp³-hybridized carbons (Fsp3) is 0.0833. The van der Waals surface area contributed by atoms with Crippen LogP contribution >= 0.6 is 11.3 Å². The quantitative estimate of drug-likeness (QED) is 0.556. The number of anilines is 1. The van der Waals surface area contributed by atoms with Crippen molar-refractivity contribution < 1.29 is 10.0 Å². The van der Waals surface area contributed by atoms with E-state index in [2.05, 4.69) is 16.9 Å². The second kappa shape index (κ2) is 5.81. The maximum Gasteiger partial charge on any atom is 0.489 e. The van der Waals surface area contributed by atoms with Gasteiger partial charge in [-0.3, -0.25) is 0 Å². The van der Waals surface area contributed by atoms with Gasteiger partial charge in [-0.1, -0.05) is 30.3 Å². The third kappa shape index (κ3) is 2.79. The molecule has 0 spiro atoms. The van der Waals surface area contributed by atoms with Crippen LogP contribution in [0.2, 0.25) is 0 Å². The predicted octanol–water partition coefficient (Wildman–Crippen LogP) is 1.09. The van der Waals surface area contributed by atoms with Crippen LogP contribution in [0.25, 0.3) is 11.3 Å². The number of hydrogen-bond acceptors (Lipinski definition) is 5.